The molecule has 0 spiro atoms. The van der Waals surface area contributed by atoms with E-state index in [1.807, 2.05) is 6.07 Å². The zero-order chi connectivity index (χ0) is 15.2. The largest absolute Gasteiger partial charge is 0.313 e. The monoisotopic (exact) mass is 311 g/mol. The summed E-state index contributed by atoms with van der Waals surface area (Å²) in [4.78, 5) is 12.9. The molecule has 1 aliphatic rings. The summed E-state index contributed by atoms with van der Waals surface area (Å²) < 4.78 is 0. The van der Waals surface area contributed by atoms with Crippen molar-refractivity contribution in [1.29, 1.82) is 0 Å². The number of nitrogens with one attached hydrogen (secondary N) is 1. The molecule has 1 N–H and O–H groups in total. The number of nitro groups is 1. The third kappa shape index (κ3) is 4.66. The van der Waals surface area contributed by atoms with Crippen LogP contribution in [-0.4, -0.2) is 35.5 Å². The fraction of sp³-hybridized carbons (Fsp3) is 0.600. The van der Waals surface area contributed by atoms with E-state index in [9.17, 15) is 10.1 Å². The van der Waals surface area contributed by atoms with E-state index in [1.165, 1.54) is 12.8 Å². The first kappa shape index (κ1) is 16.2. The molecule has 1 saturated heterocycles. The van der Waals surface area contributed by atoms with Crippen LogP contribution in [0.4, 0.5) is 5.69 Å². The molecule has 0 saturated carbocycles. The zero-order valence-electron chi connectivity index (χ0n) is 12.3. The van der Waals surface area contributed by atoms with Crippen LogP contribution in [0, 0.1) is 10.1 Å². The van der Waals surface area contributed by atoms with Crippen LogP contribution in [0.3, 0.4) is 0 Å². The van der Waals surface area contributed by atoms with Crippen LogP contribution in [0.2, 0.25) is 5.02 Å². The number of halogens is 1. The summed E-state index contributed by atoms with van der Waals surface area (Å²) in [6.45, 7) is 5.96. The van der Waals surface area contributed by atoms with E-state index in [2.05, 4.69) is 17.1 Å². The Morgan fingerprint density at radius 3 is 2.95 bits per heavy atom. The minimum Gasteiger partial charge on any atom is -0.313 e. The van der Waals surface area contributed by atoms with Gasteiger partial charge in [-0.3, -0.25) is 15.0 Å². The van der Waals surface area contributed by atoms with E-state index < -0.39 is 4.92 Å². The van der Waals surface area contributed by atoms with Crippen LogP contribution in [0.5, 0.6) is 0 Å². The van der Waals surface area contributed by atoms with Crippen molar-refractivity contribution >= 4 is 17.3 Å². The summed E-state index contributed by atoms with van der Waals surface area (Å²) in [5.41, 5.74) is 0.933. The van der Waals surface area contributed by atoms with Gasteiger partial charge in [0.25, 0.3) is 5.69 Å². The Hall–Kier alpha value is -1.17. The molecule has 21 heavy (non-hydrogen) atoms. The summed E-state index contributed by atoms with van der Waals surface area (Å²) in [5, 5.41) is 14.7. The number of benzene rings is 1. The maximum Gasteiger partial charge on any atom is 0.288 e. The van der Waals surface area contributed by atoms with Gasteiger partial charge in [0, 0.05) is 25.2 Å². The number of hydrogen-bond acceptors (Lipinski definition) is 4. The quantitative estimate of drug-likeness (QED) is 0.620. The number of hydrogen-bond donors (Lipinski definition) is 1. The number of rotatable bonds is 7. The molecule has 1 aromatic carbocycles. The summed E-state index contributed by atoms with van der Waals surface area (Å²) >= 11 is 5.86. The lowest BCUT2D eigenvalue weighted by Crippen LogP contribution is -2.37. The predicted molar refractivity (Wildman–Crippen MR) is 84.7 cm³/mol. The van der Waals surface area contributed by atoms with E-state index in [0.717, 1.165) is 38.2 Å². The molecule has 1 heterocycles. The summed E-state index contributed by atoms with van der Waals surface area (Å²) in [6.07, 6.45) is 3.51. The fourth-order valence-electron chi connectivity index (χ4n) is 2.83. The van der Waals surface area contributed by atoms with Gasteiger partial charge in [-0.15, -0.1) is 0 Å². The molecule has 0 aromatic heterocycles. The molecule has 6 heteroatoms. The smallest absolute Gasteiger partial charge is 0.288 e. The van der Waals surface area contributed by atoms with Crippen molar-refractivity contribution in [3.63, 3.8) is 0 Å². The van der Waals surface area contributed by atoms with Crippen molar-refractivity contribution in [2.45, 2.75) is 38.8 Å². The molecule has 1 fully saturated rings. The molecule has 1 unspecified atom stereocenters. The highest BCUT2D eigenvalue weighted by Crippen LogP contribution is 2.25. The van der Waals surface area contributed by atoms with E-state index in [-0.39, 0.29) is 10.7 Å². The van der Waals surface area contributed by atoms with Gasteiger partial charge in [-0.05, 0) is 44.0 Å². The van der Waals surface area contributed by atoms with Crippen LogP contribution in [0.15, 0.2) is 18.2 Å². The van der Waals surface area contributed by atoms with Crippen molar-refractivity contribution in [3.05, 3.63) is 38.9 Å². The topological polar surface area (TPSA) is 58.4 Å². The summed E-state index contributed by atoms with van der Waals surface area (Å²) in [7, 11) is 0. The second kappa shape index (κ2) is 7.73. The van der Waals surface area contributed by atoms with E-state index >= 15 is 0 Å². The molecule has 0 bridgehead atoms. The van der Waals surface area contributed by atoms with Crippen LogP contribution in [0.25, 0.3) is 0 Å². The third-order valence-corrected chi connectivity index (χ3v) is 4.11. The van der Waals surface area contributed by atoms with Gasteiger partial charge in [-0.2, -0.15) is 0 Å². The van der Waals surface area contributed by atoms with Gasteiger partial charge < -0.3 is 5.32 Å². The highest BCUT2D eigenvalue weighted by molar-refractivity contribution is 6.32. The molecule has 0 aliphatic carbocycles. The Morgan fingerprint density at radius 1 is 1.52 bits per heavy atom. The van der Waals surface area contributed by atoms with Crippen molar-refractivity contribution in [1.82, 2.24) is 10.2 Å². The highest BCUT2D eigenvalue weighted by Gasteiger charge is 2.19. The summed E-state index contributed by atoms with van der Waals surface area (Å²) in [5.74, 6) is 0. The van der Waals surface area contributed by atoms with Crippen LogP contribution in [0.1, 0.15) is 31.7 Å². The van der Waals surface area contributed by atoms with Crippen molar-refractivity contribution in [2.24, 2.45) is 0 Å². The van der Waals surface area contributed by atoms with E-state index in [0.29, 0.717) is 6.04 Å². The standard InChI is InChI=1S/C15H22ClN3O2/c1-2-8-18(11-13-4-3-7-17-13)10-12-5-6-14(16)15(9-12)19(20)21/h5-6,9,13,17H,2-4,7-8,10-11H2,1H3. The van der Waals surface area contributed by atoms with Crippen molar-refractivity contribution < 1.29 is 4.92 Å². The zero-order valence-corrected chi connectivity index (χ0v) is 13.1. The van der Waals surface area contributed by atoms with Crippen molar-refractivity contribution in [2.75, 3.05) is 19.6 Å². The van der Waals surface area contributed by atoms with Gasteiger partial charge in [0.1, 0.15) is 5.02 Å². The molecule has 1 atom stereocenters. The Balaban J connectivity index is 2.05. The van der Waals surface area contributed by atoms with Gasteiger partial charge in [-0.25, -0.2) is 0 Å². The lowest BCUT2D eigenvalue weighted by Gasteiger charge is -2.25. The number of nitrogens with zero attached hydrogens (tertiary/aromatic N) is 2. The van der Waals surface area contributed by atoms with Gasteiger partial charge in [0.15, 0.2) is 0 Å². The first-order chi connectivity index (χ1) is 10.1. The van der Waals surface area contributed by atoms with Gasteiger partial charge in [0.2, 0.25) is 0 Å². The summed E-state index contributed by atoms with van der Waals surface area (Å²) in [6, 6.07) is 5.62. The molecule has 116 valence electrons. The van der Waals surface area contributed by atoms with Gasteiger partial charge in [0.05, 0.1) is 4.92 Å². The average molecular weight is 312 g/mol. The fourth-order valence-corrected chi connectivity index (χ4v) is 3.02. The normalized spacial score (nSPS) is 18.3. The number of nitro benzene ring substituents is 1. The van der Waals surface area contributed by atoms with E-state index in [4.69, 9.17) is 11.6 Å². The lowest BCUT2D eigenvalue weighted by atomic mass is 10.1. The Morgan fingerprint density at radius 2 is 2.33 bits per heavy atom. The van der Waals surface area contributed by atoms with Crippen LogP contribution in [-0.2, 0) is 6.54 Å². The molecule has 1 aliphatic heterocycles. The molecular weight excluding hydrogens is 290 g/mol. The van der Waals surface area contributed by atoms with Crippen molar-refractivity contribution in [3.8, 4) is 0 Å². The van der Waals surface area contributed by atoms with Crippen LogP contribution >= 0.6 is 11.6 Å². The first-order valence-corrected chi connectivity index (χ1v) is 7.86. The third-order valence-electron chi connectivity index (χ3n) is 3.79. The Labute approximate surface area is 130 Å². The molecule has 0 amide bonds. The Kier molecular flexibility index (Phi) is 5.96. The first-order valence-electron chi connectivity index (χ1n) is 7.48. The Bertz CT molecular complexity index is 490. The molecular formula is C15H22ClN3O2. The lowest BCUT2D eigenvalue weighted by molar-refractivity contribution is -0.384. The van der Waals surface area contributed by atoms with Gasteiger partial charge >= 0.3 is 0 Å². The molecule has 2 rings (SSSR count). The SMILES string of the molecule is CCCN(Cc1ccc(Cl)c([N+](=O)[O-])c1)CC1CCCN1. The maximum atomic E-state index is 11.0. The van der Waals surface area contributed by atoms with Gasteiger partial charge in [-0.1, -0.05) is 24.6 Å². The predicted octanol–water partition coefficient (Wildman–Crippen LogP) is 3.21. The minimum absolute atomic E-state index is 0.00962. The average Bonchev–Trinajstić information content (AvgIpc) is 2.94. The highest BCUT2D eigenvalue weighted by atomic mass is 35.5. The van der Waals surface area contributed by atoms with Crippen LogP contribution < -0.4 is 5.32 Å². The minimum atomic E-state index is -0.422. The molecule has 5 nitrogen and oxygen atoms in total. The second-order valence-corrected chi connectivity index (χ2v) is 5.98. The second-order valence-electron chi connectivity index (χ2n) is 5.57. The maximum absolute atomic E-state index is 11.0. The molecule has 0 radical (unpaired) electrons. The van der Waals surface area contributed by atoms with E-state index in [1.54, 1.807) is 12.1 Å². The molecule has 1 aromatic rings.